The van der Waals surface area contributed by atoms with Gasteiger partial charge in [-0.3, -0.25) is 4.79 Å². The van der Waals surface area contributed by atoms with E-state index >= 15 is 0 Å². The number of carbonyl (C=O) groups is 2. The monoisotopic (exact) mass is 327 g/mol. The van der Waals surface area contributed by atoms with E-state index in [1.54, 1.807) is 12.1 Å². The van der Waals surface area contributed by atoms with E-state index in [9.17, 15) is 18.0 Å². The summed E-state index contributed by atoms with van der Waals surface area (Å²) in [5.41, 5.74) is 0.156. The fraction of sp³-hybridized carbons (Fsp3) is 0.429. The molecule has 0 unspecified atom stereocenters. The first-order valence-corrected chi connectivity index (χ1v) is 8.64. The van der Waals surface area contributed by atoms with Crippen LogP contribution >= 0.6 is 0 Å². The van der Waals surface area contributed by atoms with Crippen LogP contribution in [0.1, 0.15) is 12.8 Å². The quantitative estimate of drug-likeness (QED) is 0.801. The van der Waals surface area contributed by atoms with E-state index in [1.807, 2.05) is 0 Å². The second kappa shape index (κ2) is 6.89. The molecule has 2 rings (SSSR count). The highest BCUT2D eigenvalue weighted by molar-refractivity contribution is 7.90. The number of para-hydroxylation sites is 1. The van der Waals surface area contributed by atoms with Gasteiger partial charge in [-0.15, -0.1) is 0 Å². The van der Waals surface area contributed by atoms with Gasteiger partial charge in [0, 0.05) is 12.9 Å². The van der Waals surface area contributed by atoms with Crippen LogP contribution in [0.4, 0.5) is 5.69 Å². The molecule has 0 bridgehead atoms. The number of carbonyl (C=O) groups excluding carboxylic acids is 2. The summed E-state index contributed by atoms with van der Waals surface area (Å²) in [6.07, 6.45) is 1.80. The lowest BCUT2D eigenvalue weighted by molar-refractivity contribution is -0.156. The van der Waals surface area contributed by atoms with Crippen LogP contribution in [-0.2, 0) is 28.9 Å². The molecule has 0 spiro atoms. The van der Waals surface area contributed by atoms with Gasteiger partial charge in [0.15, 0.2) is 22.5 Å². The molecule has 1 N–H and O–H groups in total. The van der Waals surface area contributed by atoms with Crippen LogP contribution in [0.25, 0.3) is 0 Å². The maximum Gasteiger partial charge on any atom is 0.335 e. The van der Waals surface area contributed by atoms with Crippen LogP contribution in [0.2, 0.25) is 0 Å². The molecule has 0 aliphatic carbocycles. The Hall–Kier alpha value is -1.93. The van der Waals surface area contributed by atoms with Crippen molar-refractivity contribution in [3.05, 3.63) is 24.3 Å². The molecule has 1 saturated heterocycles. The molecule has 8 heteroatoms. The number of anilines is 1. The molecule has 1 fully saturated rings. The van der Waals surface area contributed by atoms with Gasteiger partial charge in [-0.2, -0.15) is 0 Å². The number of sulfone groups is 1. The average Bonchev–Trinajstić information content (AvgIpc) is 2.98. The molecule has 0 radical (unpaired) electrons. The van der Waals surface area contributed by atoms with Crippen molar-refractivity contribution in [1.29, 1.82) is 0 Å². The fourth-order valence-electron chi connectivity index (χ4n) is 2.07. The Kier molecular flexibility index (Phi) is 5.15. The average molecular weight is 327 g/mol. The SMILES string of the molecule is CS(=O)(=O)c1ccccc1NC(=O)COC(=O)[C@H]1CCCO1. The molecule has 1 aliphatic rings. The van der Waals surface area contributed by atoms with Gasteiger partial charge in [0.25, 0.3) is 5.91 Å². The number of nitrogens with one attached hydrogen (secondary N) is 1. The first kappa shape index (κ1) is 16.4. The van der Waals surface area contributed by atoms with Gasteiger partial charge in [-0.25, -0.2) is 13.2 Å². The lowest BCUT2D eigenvalue weighted by atomic mass is 10.2. The number of hydrogen-bond acceptors (Lipinski definition) is 6. The predicted octanol–water partition coefficient (Wildman–Crippen LogP) is 0.751. The summed E-state index contributed by atoms with van der Waals surface area (Å²) in [7, 11) is -3.47. The molecule has 1 amide bonds. The highest BCUT2D eigenvalue weighted by Gasteiger charge is 2.25. The number of rotatable bonds is 5. The molecular weight excluding hydrogens is 310 g/mol. The standard InChI is InChI=1S/C14H17NO6S/c1-22(18,19)12-7-3-2-5-10(12)15-13(16)9-21-14(17)11-6-4-8-20-11/h2-3,5,7,11H,4,6,8-9H2,1H3,(H,15,16)/t11-/m1/s1. The normalized spacial score (nSPS) is 18.0. The van der Waals surface area contributed by atoms with Crippen LogP contribution in [-0.4, -0.2) is 45.9 Å². The van der Waals surface area contributed by atoms with Crippen molar-refractivity contribution in [3.63, 3.8) is 0 Å². The van der Waals surface area contributed by atoms with Gasteiger partial charge in [0.05, 0.1) is 10.6 Å². The van der Waals surface area contributed by atoms with Crippen molar-refractivity contribution in [2.75, 3.05) is 24.8 Å². The minimum absolute atomic E-state index is 0.00815. The largest absolute Gasteiger partial charge is 0.454 e. The van der Waals surface area contributed by atoms with E-state index in [1.165, 1.54) is 12.1 Å². The van der Waals surface area contributed by atoms with E-state index in [-0.39, 0.29) is 10.6 Å². The van der Waals surface area contributed by atoms with Crippen LogP contribution < -0.4 is 5.32 Å². The maximum absolute atomic E-state index is 11.8. The van der Waals surface area contributed by atoms with Crippen LogP contribution in [0.3, 0.4) is 0 Å². The Labute approximate surface area is 128 Å². The first-order valence-electron chi connectivity index (χ1n) is 6.75. The lowest BCUT2D eigenvalue weighted by Crippen LogP contribution is -2.27. The summed E-state index contributed by atoms with van der Waals surface area (Å²) in [5, 5.41) is 2.43. The molecule has 0 saturated carbocycles. The number of ether oxygens (including phenoxy) is 2. The summed E-state index contributed by atoms with van der Waals surface area (Å²) in [4.78, 5) is 23.4. The second-order valence-corrected chi connectivity index (χ2v) is 6.91. The Morgan fingerprint density at radius 1 is 1.36 bits per heavy atom. The predicted molar refractivity (Wildman–Crippen MR) is 78.1 cm³/mol. The third kappa shape index (κ3) is 4.28. The molecule has 7 nitrogen and oxygen atoms in total. The molecule has 1 aromatic carbocycles. The lowest BCUT2D eigenvalue weighted by Gasteiger charge is -2.11. The third-order valence-electron chi connectivity index (χ3n) is 3.10. The zero-order chi connectivity index (χ0) is 16.2. The van der Waals surface area contributed by atoms with E-state index in [2.05, 4.69) is 5.32 Å². The minimum Gasteiger partial charge on any atom is -0.454 e. The van der Waals surface area contributed by atoms with Crippen molar-refractivity contribution >= 4 is 27.4 Å². The first-order chi connectivity index (χ1) is 10.4. The second-order valence-electron chi connectivity index (χ2n) is 4.93. The Bertz CT molecular complexity index is 664. The Balaban J connectivity index is 1.94. The smallest absolute Gasteiger partial charge is 0.335 e. The molecule has 1 heterocycles. The zero-order valence-electron chi connectivity index (χ0n) is 12.1. The molecule has 120 valence electrons. The molecular formula is C14H17NO6S. The Morgan fingerprint density at radius 3 is 2.73 bits per heavy atom. The van der Waals surface area contributed by atoms with Crippen molar-refractivity contribution in [2.45, 2.75) is 23.8 Å². The van der Waals surface area contributed by atoms with Crippen molar-refractivity contribution in [3.8, 4) is 0 Å². The van der Waals surface area contributed by atoms with Crippen molar-refractivity contribution in [2.24, 2.45) is 0 Å². The maximum atomic E-state index is 11.8. The highest BCUT2D eigenvalue weighted by atomic mass is 32.2. The number of benzene rings is 1. The fourth-order valence-corrected chi connectivity index (χ4v) is 2.92. The van der Waals surface area contributed by atoms with Crippen molar-refractivity contribution < 1.29 is 27.5 Å². The molecule has 1 atom stereocenters. The number of amides is 1. The zero-order valence-corrected chi connectivity index (χ0v) is 12.9. The van der Waals surface area contributed by atoms with Crippen LogP contribution in [0.15, 0.2) is 29.2 Å². The molecule has 22 heavy (non-hydrogen) atoms. The Morgan fingerprint density at radius 2 is 2.09 bits per heavy atom. The van der Waals surface area contributed by atoms with Gasteiger partial charge in [0.1, 0.15) is 0 Å². The molecule has 1 aliphatic heterocycles. The van der Waals surface area contributed by atoms with E-state index in [0.717, 1.165) is 12.7 Å². The molecule has 0 aromatic heterocycles. The van der Waals surface area contributed by atoms with Crippen molar-refractivity contribution in [1.82, 2.24) is 0 Å². The van der Waals surface area contributed by atoms with Gasteiger partial charge >= 0.3 is 5.97 Å². The summed E-state index contributed by atoms with van der Waals surface area (Å²) < 4.78 is 33.2. The highest BCUT2D eigenvalue weighted by Crippen LogP contribution is 2.20. The molecule has 1 aromatic rings. The van der Waals surface area contributed by atoms with E-state index < -0.39 is 34.4 Å². The van der Waals surface area contributed by atoms with E-state index in [0.29, 0.717) is 13.0 Å². The van der Waals surface area contributed by atoms with Gasteiger partial charge in [-0.1, -0.05) is 12.1 Å². The number of hydrogen-bond donors (Lipinski definition) is 1. The summed E-state index contributed by atoms with van der Waals surface area (Å²) in [5.74, 6) is -1.19. The van der Waals surface area contributed by atoms with Gasteiger partial charge < -0.3 is 14.8 Å². The summed E-state index contributed by atoms with van der Waals surface area (Å²) >= 11 is 0. The third-order valence-corrected chi connectivity index (χ3v) is 4.25. The summed E-state index contributed by atoms with van der Waals surface area (Å²) in [6, 6.07) is 6.02. The van der Waals surface area contributed by atoms with Crippen LogP contribution in [0, 0.1) is 0 Å². The van der Waals surface area contributed by atoms with Gasteiger partial charge in [-0.05, 0) is 25.0 Å². The summed E-state index contributed by atoms with van der Waals surface area (Å²) in [6.45, 7) is 0.0183. The number of esters is 1. The van der Waals surface area contributed by atoms with Crippen LogP contribution in [0.5, 0.6) is 0 Å². The van der Waals surface area contributed by atoms with Gasteiger partial charge in [0.2, 0.25) is 0 Å². The van der Waals surface area contributed by atoms with E-state index in [4.69, 9.17) is 9.47 Å². The minimum atomic E-state index is -3.47. The topological polar surface area (TPSA) is 98.8 Å².